The van der Waals surface area contributed by atoms with Gasteiger partial charge in [-0.05, 0) is 18.2 Å². The molecule has 1 heterocycles. The zero-order valence-corrected chi connectivity index (χ0v) is 11.3. The molecule has 2 aromatic rings. The third-order valence-corrected chi connectivity index (χ3v) is 3.69. The van der Waals surface area contributed by atoms with E-state index in [0.29, 0.717) is 12.0 Å². The van der Waals surface area contributed by atoms with E-state index >= 15 is 0 Å². The molecule has 0 aliphatic heterocycles. The van der Waals surface area contributed by atoms with Crippen LogP contribution in [0, 0.1) is 5.82 Å². The van der Waals surface area contributed by atoms with Gasteiger partial charge >= 0.3 is 0 Å². The van der Waals surface area contributed by atoms with Crippen molar-refractivity contribution >= 4 is 27.3 Å². The van der Waals surface area contributed by atoms with Crippen molar-refractivity contribution in [3.8, 4) is 0 Å². The lowest BCUT2D eigenvalue weighted by atomic mass is 10.0. The van der Waals surface area contributed by atoms with Gasteiger partial charge in [-0.25, -0.2) is 9.37 Å². The second-order valence-corrected chi connectivity index (χ2v) is 5.41. The molecule has 1 aromatic carbocycles. The molecule has 0 saturated heterocycles. The second-order valence-electron chi connectivity index (χ2n) is 3.52. The predicted molar refractivity (Wildman–Crippen MR) is 70.0 cm³/mol. The van der Waals surface area contributed by atoms with E-state index in [1.54, 1.807) is 18.3 Å². The van der Waals surface area contributed by atoms with Crippen molar-refractivity contribution in [1.29, 1.82) is 0 Å². The summed E-state index contributed by atoms with van der Waals surface area (Å²) in [4.78, 5) is 4.17. The minimum absolute atomic E-state index is 0.271. The number of rotatable bonds is 4. The van der Waals surface area contributed by atoms with Crippen molar-refractivity contribution in [3.05, 3.63) is 50.6 Å². The summed E-state index contributed by atoms with van der Waals surface area (Å²) in [6, 6.07) is 4.54. The van der Waals surface area contributed by atoms with E-state index < -0.39 is 0 Å². The lowest BCUT2D eigenvalue weighted by Crippen LogP contribution is -2.30. The quantitative estimate of drug-likeness (QED) is 0.674. The van der Waals surface area contributed by atoms with E-state index in [2.05, 4.69) is 26.3 Å². The monoisotopic (exact) mass is 315 g/mol. The van der Waals surface area contributed by atoms with Gasteiger partial charge in [0, 0.05) is 28.0 Å². The van der Waals surface area contributed by atoms with Crippen LogP contribution in [0.15, 0.2) is 34.2 Å². The molecule has 0 aliphatic carbocycles. The van der Waals surface area contributed by atoms with Gasteiger partial charge in [0.1, 0.15) is 5.82 Å². The number of hydrazine groups is 1. The average Bonchev–Trinajstić information content (AvgIpc) is 2.82. The van der Waals surface area contributed by atoms with E-state index in [1.165, 1.54) is 17.4 Å². The molecular weight excluding hydrogens is 305 g/mol. The smallest absolute Gasteiger partial charge is 0.128 e. The fraction of sp³-hybridized carbons (Fsp3) is 0.182. The topological polar surface area (TPSA) is 50.9 Å². The third kappa shape index (κ3) is 3.10. The molecule has 1 atom stereocenters. The van der Waals surface area contributed by atoms with Gasteiger partial charge in [0.15, 0.2) is 0 Å². The summed E-state index contributed by atoms with van der Waals surface area (Å²) >= 11 is 4.85. The highest BCUT2D eigenvalue weighted by molar-refractivity contribution is 9.10. The highest BCUT2D eigenvalue weighted by Gasteiger charge is 2.16. The Balaban J connectivity index is 2.25. The van der Waals surface area contributed by atoms with E-state index in [1.807, 2.05) is 5.38 Å². The number of hydrogen-bond donors (Lipinski definition) is 2. The molecule has 0 saturated carbocycles. The van der Waals surface area contributed by atoms with E-state index in [-0.39, 0.29) is 11.9 Å². The Labute approximate surface area is 111 Å². The van der Waals surface area contributed by atoms with Crippen molar-refractivity contribution in [2.45, 2.75) is 12.5 Å². The molecule has 6 heteroatoms. The van der Waals surface area contributed by atoms with Crippen LogP contribution >= 0.6 is 27.3 Å². The maximum absolute atomic E-state index is 13.7. The van der Waals surface area contributed by atoms with Crippen LogP contribution in [0.2, 0.25) is 0 Å². The SMILES string of the molecule is NNC(Cc1nccs1)c1cc(Br)ccc1F. The zero-order chi connectivity index (χ0) is 12.3. The van der Waals surface area contributed by atoms with E-state index in [9.17, 15) is 4.39 Å². The van der Waals surface area contributed by atoms with Crippen LogP contribution in [0.3, 0.4) is 0 Å². The Kier molecular flexibility index (Phi) is 4.22. The predicted octanol–water partition coefficient (Wildman–Crippen LogP) is 2.79. The zero-order valence-electron chi connectivity index (χ0n) is 8.86. The first-order valence-electron chi connectivity index (χ1n) is 5.00. The van der Waals surface area contributed by atoms with Gasteiger partial charge < -0.3 is 0 Å². The highest BCUT2D eigenvalue weighted by Crippen LogP contribution is 2.24. The van der Waals surface area contributed by atoms with Gasteiger partial charge in [-0.2, -0.15) is 0 Å². The fourth-order valence-corrected chi connectivity index (χ4v) is 2.61. The molecule has 0 amide bonds. The van der Waals surface area contributed by atoms with Crippen LogP contribution in [-0.4, -0.2) is 4.98 Å². The fourth-order valence-electron chi connectivity index (χ4n) is 1.57. The normalized spacial score (nSPS) is 12.6. The minimum Gasteiger partial charge on any atom is -0.271 e. The van der Waals surface area contributed by atoms with Crippen molar-refractivity contribution in [2.24, 2.45) is 5.84 Å². The van der Waals surface area contributed by atoms with Crippen LogP contribution in [-0.2, 0) is 6.42 Å². The second kappa shape index (κ2) is 5.68. The van der Waals surface area contributed by atoms with Crippen molar-refractivity contribution in [2.75, 3.05) is 0 Å². The number of nitrogens with two attached hydrogens (primary N) is 1. The maximum atomic E-state index is 13.7. The molecule has 17 heavy (non-hydrogen) atoms. The van der Waals surface area contributed by atoms with Gasteiger partial charge in [0.2, 0.25) is 0 Å². The van der Waals surface area contributed by atoms with Gasteiger partial charge in [-0.15, -0.1) is 11.3 Å². The first kappa shape index (κ1) is 12.6. The van der Waals surface area contributed by atoms with Crippen molar-refractivity contribution in [3.63, 3.8) is 0 Å². The van der Waals surface area contributed by atoms with Gasteiger partial charge in [0.25, 0.3) is 0 Å². The first-order valence-corrected chi connectivity index (χ1v) is 6.67. The molecule has 3 nitrogen and oxygen atoms in total. The average molecular weight is 316 g/mol. The summed E-state index contributed by atoms with van der Waals surface area (Å²) in [5.41, 5.74) is 3.17. The molecule has 1 aromatic heterocycles. The summed E-state index contributed by atoms with van der Waals surface area (Å²) in [6.45, 7) is 0. The number of benzene rings is 1. The third-order valence-electron chi connectivity index (χ3n) is 2.40. The highest BCUT2D eigenvalue weighted by atomic mass is 79.9. The Hall–Kier alpha value is -0.820. The molecule has 0 spiro atoms. The number of halogens is 2. The Morgan fingerprint density at radius 1 is 1.53 bits per heavy atom. The summed E-state index contributed by atoms with van der Waals surface area (Å²) in [6.07, 6.45) is 2.30. The van der Waals surface area contributed by atoms with Crippen LogP contribution in [0.4, 0.5) is 4.39 Å². The number of thiazole rings is 1. The van der Waals surface area contributed by atoms with Crippen LogP contribution in [0.5, 0.6) is 0 Å². The van der Waals surface area contributed by atoms with Crippen molar-refractivity contribution < 1.29 is 4.39 Å². The molecule has 2 rings (SSSR count). The summed E-state index contributed by atoms with van der Waals surface area (Å²) in [7, 11) is 0. The Morgan fingerprint density at radius 2 is 2.35 bits per heavy atom. The van der Waals surface area contributed by atoms with Gasteiger partial charge in [0.05, 0.1) is 11.0 Å². The molecule has 0 fully saturated rings. The number of nitrogens with zero attached hydrogens (tertiary/aromatic N) is 1. The molecule has 90 valence electrons. The van der Waals surface area contributed by atoms with Crippen molar-refractivity contribution in [1.82, 2.24) is 10.4 Å². The Bertz CT molecular complexity index is 489. The Morgan fingerprint density at radius 3 is 3.00 bits per heavy atom. The van der Waals surface area contributed by atoms with Gasteiger partial charge in [-0.1, -0.05) is 15.9 Å². The lowest BCUT2D eigenvalue weighted by Gasteiger charge is -2.16. The number of nitrogens with one attached hydrogen (secondary N) is 1. The summed E-state index contributed by atoms with van der Waals surface area (Å²) in [5, 5.41) is 2.81. The minimum atomic E-state index is -0.279. The number of aromatic nitrogens is 1. The molecule has 0 aliphatic rings. The van der Waals surface area contributed by atoms with E-state index in [0.717, 1.165) is 9.48 Å². The van der Waals surface area contributed by atoms with Crippen LogP contribution < -0.4 is 11.3 Å². The molecular formula is C11H11BrFN3S. The summed E-state index contributed by atoms with van der Waals surface area (Å²) in [5.74, 6) is 5.21. The van der Waals surface area contributed by atoms with E-state index in [4.69, 9.17) is 5.84 Å². The molecule has 0 bridgehead atoms. The standard InChI is InChI=1S/C11H11BrFN3S/c12-7-1-2-9(13)8(5-7)10(16-14)6-11-15-3-4-17-11/h1-5,10,16H,6,14H2. The van der Waals surface area contributed by atoms with Gasteiger partial charge in [-0.3, -0.25) is 11.3 Å². The maximum Gasteiger partial charge on any atom is 0.128 e. The first-order chi connectivity index (χ1) is 8.20. The summed E-state index contributed by atoms with van der Waals surface area (Å²) < 4.78 is 14.5. The number of hydrogen-bond acceptors (Lipinski definition) is 4. The van der Waals surface area contributed by atoms with Crippen LogP contribution in [0.1, 0.15) is 16.6 Å². The largest absolute Gasteiger partial charge is 0.271 e. The lowest BCUT2D eigenvalue weighted by molar-refractivity contribution is 0.509. The molecule has 0 radical (unpaired) electrons. The molecule has 3 N–H and O–H groups in total. The van der Waals surface area contributed by atoms with Crippen LogP contribution in [0.25, 0.3) is 0 Å². The molecule has 1 unspecified atom stereocenters.